The van der Waals surface area contributed by atoms with Gasteiger partial charge in [-0.1, -0.05) is 48.0 Å². The fourth-order valence-electron chi connectivity index (χ4n) is 2.70. The summed E-state index contributed by atoms with van der Waals surface area (Å²) in [5, 5.41) is 6.60. The number of rotatable bonds is 10. The molecule has 0 bridgehead atoms. The van der Waals surface area contributed by atoms with E-state index in [1.165, 1.54) is 0 Å². The van der Waals surface area contributed by atoms with Gasteiger partial charge < -0.3 is 10.6 Å². The molecular weight excluding hydrogens is 248 g/mol. The largest absolute Gasteiger partial charge is 0.355 e. The molecule has 0 saturated heterocycles. The third kappa shape index (κ3) is 6.74. The maximum absolute atomic E-state index is 12.5. The Morgan fingerprint density at radius 1 is 1.15 bits per heavy atom. The zero-order chi connectivity index (χ0) is 15.8. The lowest BCUT2D eigenvalue weighted by Crippen LogP contribution is -2.57. The van der Waals surface area contributed by atoms with Gasteiger partial charge >= 0.3 is 0 Å². The highest BCUT2D eigenvalue weighted by Crippen LogP contribution is 2.20. The fraction of sp³-hybridized carbons (Fsp3) is 0.941. The average molecular weight is 284 g/mol. The van der Waals surface area contributed by atoms with Gasteiger partial charge in [-0.25, -0.2) is 0 Å². The minimum Gasteiger partial charge on any atom is -0.355 e. The van der Waals surface area contributed by atoms with Crippen molar-refractivity contribution < 1.29 is 4.79 Å². The van der Waals surface area contributed by atoms with E-state index < -0.39 is 5.54 Å². The Hall–Kier alpha value is -0.570. The van der Waals surface area contributed by atoms with Gasteiger partial charge in [0.25, 0.3) is 0 Å². The van der Waals surface area contributed by atoms with Crippen LogP contribution in [0.5, 0.6) is 0 Å². The molecule has 0 radical (unpaired) electrons. The average Bonchev–Trinajstić information content (AvgIpc) is 2.35. The van der Waals surface area contributed by atoms with E-state index in [9.17, 15) is 4.79 Å². The molecule has 0 heterocycles. The second kappa shape index (κ2) is 9.38. The number of amides is 1. The lowest BCUT2D eigenvalue weighted by atomic mass is 9.87. The molecular formula is C17H36N2O. The highest BCUT2D eigenvalue weighted by molar-refractivity contribution is 5.85. The van der Waals surface area contributed by atoms with Gasteiger partial charge in [-0.05, 0) is 44.1 Å². The third-order valence-corrected chi connectivity index (χ3v) is 4.07. The van der Waals surface area contributed by atoms with Gasteiger partial charge in [-0.15, -0.1) is 0 Å². The van der Waals surface area contributed by atoms with Crippen LogP contribution in [0.3, 0.4) is 0 Å². The summed E-state index contributed by atoms with van der Waals surface area (Å²) in [7, 11) is 0. The van der Waals surface area contributed by atoms with Crippen molar-refractivity contribution >= 4 is 5.91 Å². The van der Waals surface area contributed by atoms with Crippen LogP contribution in [0, 0.1) is 17.8 Å². The van der Waals surface area contributed by atoms with Crippen molar-refractivity contribution in [2.75, 3.05) is 13.1 Å². The first-order valence-corrected chi connectivity index (χ1v) is 8.30. The maximum Gasteiger partial charge on any atom is 0.240 e. The summed E-state index contributed by atoms with van der Waals surface area (Å²) >= 11 is 0. The van der Waals surface area contributed by atoms with E-state index in [1.807, 2.05) is 6.92 Å². The molecule has 0 aromatic heterocycles. The first-order chi connectivity index (χ1) is 9.26. The van der Waals surface area contributed by atoms with Crippen LogP contribution in [0.4, 0.5) is 0 Å². The Morgan fingerprint density at radius 3 is 2.15 bits per heavy atom. The van der Waals surface area contributed by atoms with E-state index in [-0.39, 0.29) is 5.91 Å². The Morgan fingerprint density at radius 2 is 1.75 bits per heavy atom. The molecule has 0 aliphatic carbocycles. The number of carbonyl (C=O) groups excluding carboxylic acids is 1. The normalized spacial score (nSPS) is 16.2. The summed E-state index contributed by atoms with van der Waals surface area (Å²) in [6, 6.07) is 0. The topological polar surface area (TPSA) is 41.1 Å². The second-order valence-corrected chi connectivity index (χ2v) is 6.98. The summed E-state index contributed by atoms with van der Waals surface area (Å²) in [5.74, 6) is 1.92. The molecule has 3 nitrogen and oxygen atoms in total. The highest BCUT2D eigenvalue weighted by atomic mass is 16.2. The maximum atomic E-state index is 12.5. The van der Waals surface area contributed by atoms with E-state index in [2.05, 4.69) is 52.2 Å². The van der Waals surface area contributed by atoms with Crippen molar-refractivity contribution in [2.45, 2.75) is 73.3 Å². The minimum absolute atomic E-state index is 0.145. The van der Waals surface area contributed by atoms with E-state index in [0.717, 1.165) is 32.4 Å². The van der Waals surface area contributed by atoms with Crippen LogP contribution < -0.4 is 10.6 Å². The Labute approximate surface area is 126 Å². The first-order valence-electron chi connectivity index (χ1n) is 8.30. The van der Waals surface area contributed by atoms with Crippen LogP contribution >= 0.6 is 0 Å². The summed E-state index contributed by atoms with van der Waals surface area (Å²) in [6.45, 7) is 16.9. The molecule has 20 heavy (non-hydrogen) atoms. The van der Waals surface area contributed by atoms with Gasteiger partial charge in [-0.3, -0.25) is 4.79 Å². The number of nitrogens with one attached hydrogen (secondary N) is 2. The molecule has 0 aliphatic rings. The molecule has 0 fully saturated rings. The monoisotopic (exact) mass is 284 g/mol. The van der Waals surface area contributed by atoms with Gasteiger partial charge in [-0.2, -0.15) is 0 Å². The number of hydrogen-bond donors (Lipinski definition) is 2. The van der Waals surface area contributed by atoms with Crippen LogP contribution in [-0.2, 0) is 4.79 Å². The molecule has 3 heteroatoms. The molecule has 2 unspecified atom stereocenters. The standard InChI is InChI=1S/C17H36N2O/c1-8-10-18-16(20)17(7,11-13(3)4)19-12-15(9-2)14(5)6/h13-15,19H,8-12H2,1-7H3,(H,18,20). The summed E-state index contributed by atoms with van der Waals surface area (Å²) in [5.41, 5.74) is -0.453. The van der Waals surface area contributed by atoms with Gasteiger partial charge in [0.2, 0.25) is 5.91 Å². The predicted octanol–water partition coefficient (Wildman–Crippen LogP) is 3.59. The SMILES string of the molecule is CCCNC(=O)C(C)(CC(C)C)NCC(CC)C(C)C. The predicted molar refractivity (Wildman–Crippen MR) is 87.8 cm³/mol. The molecule has 0 aromatic carbocycles. The number of hydrogen-bond acceptors (Lipinski definition) is 2. The molecule has 0 aliphatic heterocycles. The summed E-state index contributed by atoms with van der Waals surface area (Å²) < 4.78 is 0. The second-order valence-electron chi connectivity index (χ2n) is 6.98. The van der Waals surface area contributed by atoms with Crippen LogP contribution in [0.2, 0.25) is 0 Å². The molecule has 0 rings (SSSR count). The van der Waals surface area contributed by atoms with Gasteiger partial charge in [0, 0.05) is 6.54 Å². The molecule has 0 spiro atoms. The molecule has 0 saturated carbocycles. The molecule has 2 N–H and O–H groups in total. The van der Waals surface area contributed by atoms with Crippen LogP contribution in [-0.4, -0.2) is 24.5 Å². The zero-order valence-corrected chi connectivity index (χ0v) is 14.7. The Bertz CT molecular complexity index is 276. The minimum atomic E-state index is -0.453. The molecule has 120 valence electrons. The number of carbonyl (C=O) groups is 1. The Kier molecular flexibility index (Phi) is 9.11. The Balaban J connectivity index is 4.72. The van der Waals surface area contributed by atoms with E-state index in [1.54, 1.807) is 0 Å². The lowest BCUT2D eigenvalue weighted by Gasteiger charge is -2.33. The van der Waals surface area contributed by atoms with E-state index >= 15 is 0 Å². The van der Waals surface area contributed by atoms with Gasteiger partial charge in [0.1, 0.15) is 0 Å². The smallest absolute Gasteiger partial charge is 0.240 e. The van der Waals surface area contributed by atoms with Crippen molar-refractivity contribution in [3.05, 3.63) is 0 Å². The van der Waals surface area contributed by atoms with E-state index in [0.29, 0.717) is 17.8 Å². The van der Waals surface area contributed by atoms with Gasteiger partial charge in [0.05, 0.1) is 5.54 Å². The zero-order valence-electron chi connectivity index (χ0n) is 14.7. The highest BCUT2D eigenvalue weighted by Gasteiger charge is 2.33. The van der Waals surface area contributed by atoms with E-state index in [4.69, 9.17) is 0 Å². The van der Waals surface area contributed by atoms with Crippen molar-refractivity contribution in [3.8, 4) is 0 Å². The third-order valence-electron chi connectivity index (χ3n) is 4.07. The quantitative estimate of drug-likeness (QED) is 0.643. The van der Waals surface area contributed by atoms with Gasteiger partial charge in [0.15, 0.2) is 0 Å². The van der Waals surface area contributed by atoms with Crippen molar-refractivity contribution in [1.82, 2.24) is 10.6 Å². The fourth-order valence-corrected chi connectivity index (χ4v) is 2.70. The summed E-state index contributed by atoms with van der Waals surface area (Å²) in [6.07, 6.45) is 3.00. The van der Waals surface area contributed by atoms with Crippen LogP contribution in [0.15, 0.2) is 0 Å². The summed E-state index contributed by atoms with van der Waals surface area (Å²) in [4.78, 5) is 12.5. The molecule has 2 atom stereocenters. The molecule has 0 aromatic rings. The van der Waals surface area contributed by atoms with Crippen LogP contribution in [0.25, 0.3) is 0 Å². The molecule has 1 amide bonds. The van der Waals surface area contributed by atoms with Crippen molar-refractivity contribution in [1.29, 1.82) is 0 Å². The first kappa shape index (κ1) is 19.4. The van der Waals surface area contributed by atoms with Crippen LogP contribution in [0.1, 0.15) is 67.7 Å². The van der Waals surface area contributed by atoms with Crippen molar-refractivity contribution in [2.24, 2.45) is 17.8 Å². The lowest BCUT2D eigenvalue weighted by molar-refractivity contribution is -0.127. The van der Waals surface area contributed by atoms with Crippen molar-refractivity contribution in [3.63, 3.8) is 0 Å².